The van der Waals surface area contributed by atoms with Crippen LogP contribution in [0.2, 0.25) is 0 Å². The van der Waals surface area contributed by atoms with Gasteiger partial charge in [-0.3, -0.25) is 4.79 Å². The Labute approximate surface area is 116 Å². The molecule has 1 aromatic rings. The zero-order valence-electron chi connectivity index (χ0n) is 12.9. The van der Waals surface area contributed by atoms with Gasteiger partial charge in [0.05, 0.1) is 0 Å². The van der Waals surface area contributed by atoms with Crippen LogP contribution in [-0.2, 0) is 5.54 Å². The lowest BCUT2D eigenvalue weighted by Gasteiger charge is -2.22. The molecule has 0 fully saturated rings. The van der Waals surface area contributed by atoms with Crippen LogP contribution in [0, 0.1) is 5.92 Å². The van der Waals surface area contributed by atoms with Gasteiger partial charge in [-0.1, -0.05) is 26.7 Å². The van der Waals surface area contributed by atoms with E-state index >= 15 is 0 Å². The summed E-state index contributed by atoms with van der Waals surface area (Å²) in [7, 11) is 0. The molecule has 0 saturated heterocycles. The van der Waals surface area contributed by atoms with Crippen LogP contribution in [0.5, 0.6) is 0 Å². The van der Waals surface area contributed by atoms with Crippen molar-refractivity contribution in [3.8, 4) is 0 Å². The molecule has 1 rings (SSSR count). The Bertz CT molecular complexity index is 443. The minimum absolute atomic E-state index is 0.0427. The molecule has 0 spiro atoms. The second-order valence-corrected chi connectivity index (χ2v) is 6.44. The van der Waals surface area contributed by atoms with Gasteiger partial charge in [-0.25, -0.2) is 4.98 Å². The van der Waals surface area contributed by atoms with Crippen LogP contribution in [0.3, 0.4) is 0 Å². The first-order valence-electron chi connectivity index (χ1n) is 7.14. The Kier molecular flexibility index (Phi) is 5.58. The summed E-state index contributed by atoms with van der Waals surface area (Å²) in [5.74, 6) is 1.20. The summed E-state index contributed by atoms with van der Waals surface area (Å²) in [5, 5.41) is 3.15. The Balaban J connectivity index is 2.58. The molecule has 0 bridgehead atoms. The molecular weight excluding hydrogens is 238 g/mol. The van der Waals surface area contributed by atoms with Gasteiger partial charge in [-0.05, 0) is 33.1 Å². The fraction of sp³-hybridized carbons (Fsp3) is 0.733. The Morgan fingerprint density at radius 1 is 1.32 bits per heavy atom. The van der Waals surface area contributed by atoms with Gasteiger partial charge in [-0.2, -0.15) is 0 Å². The van der Waals surface area contributed by atoms with Crippen molar-refractivity contribution < 1.29 is 0 Å². The molecule has 1 aromatic heterocycles. The summed E-state index contributed by atoms with van der Waals surface area (Å²) in [6.45, 7) is 11.3. The first-order chi connectivity index (χ1) is 8.82. The molecule has 0 saturated carbocycles. The third-order valence-corrected chi connectivity index (χ3v) is 3.06. The van der Waals surface area contributed by atoms with Crippen LogP contribution in [0.4, 0.5) is 5.82 Å². The average molecular weight is 265 g/mol. The van der Waals surface area contributed by atoms with E-state index in [1.807, 2.05) is 20.8 Å². The molecule has 0 unspecified atom stereocenters. The lowest BCUT2D eigenvalue weighted by Crippen LogP contribution is -2.35. The molecule has 1 heterocycles. The number of rotatable bonds is 6. The van der Waals surface area contributed by atoms with Crippen molar-refractivity contribution >= 4 is 5.82 Å². The zero-order chi connectivity index (χ0) is 14.5. The maximum absolute atomic E-state index is 12.2. The normalized spacial score (nSPS) is 11.9. The minimum atomic E-state index is -0.214. The van der Waals surface area contributed by atoms with Gasteiger partial charge in [0.1, 0.15) is 0 Å². The average Bonchev–Trinajstić information content (AvgIpc) is 2.28. The highest BCUT2D eigenvalue weighted by Crippen LogP contribution is 2.11. The molecule has 0 aliphatic carbocycles. The Morgan fingerprint density at radius 3 is 2.58 bits per heavy atom. The quantitative estimate of drug-likeness (QED) is 0.803. The molecular formula is C15H27N3O. The summed E-state index contributed by atoms with van der Waals surface area (Å²) in [4.78, 5) is 16.4. The van der Waals surface area contributed by atoms with Crippen LogP contribution in [0.25, 0.3) is 0 Å². The highest BCUT2D eigenvalue weighted by atomic mass is 16.1. The zero-order valence-corrected chi connectivity index (χ0v) is 12.9. The second-order valence-electron chi connectivity index (χ2n) is 6.44. The minimum Gasteiger partial charge on any atom is -0.365 e. The van der Waals surface area contributed by atoms with Crippen molar-refractivity contribution in [3.63, 3.8) is 0 Å². The number of nitrogens with zero attached hydrogens (tertiary/aromatic N) is 2. The fourth-order valence-electron chi connectivity index (χ4n) is 1.95. The first kappa shape index (κ1) is 15.7. The van der Waals surface area contributed by atoms with Crippen molar-refractivity contribution in [2.45, 2.75) is 59.4 Å². The Hall–Kier alpha value is -1.32. The van der Waals surface area contributed by atoms with Gasteiger partial charge in [0.15, 0.2) is 5.82 Å². The highest BCUT2D eigenvalue weighted by molar-refractivity contribution is 5.30. The lowest BCUT2D eigenvalue weighted by atomic mass is 10.1. The van der Waals surface area contributed by atoms with Crippen molar-refractivity contribution in [2.75, 3.05) is 11.9 Å². The lowest BCUT2D eigenvalue weighted by molar-refractivity contribution is 0.383. The summed E-state index contributed by atoms with van der Waals surface area (Å²) < 4.78 is 1.72. The van der Waals surface area contributed by atoms with Crippen LogP contribution >= 0.6 is 0 Å². The van der Waals surface area contributed by atoms with Crippen LogP contribution < -0.4 is 10.9 Å². The molecule has 4 nitrogen and oxygen atoms in total. The molecule has 1 N–H and O–H groups in total. The first-order valence-corrected chi connectivity index (χ1v) is 7.14. The van der Waals surface area contributed by atoms with Crippen LogP contribution in [-0.4, -0.2) is 16.1 Å². The molecule has 19 heavy (non-hydrogen) atoms. The monoisotopic (exact) mass is 265 g/mol. The molecule has 0 aromatic carbocycles. The highest BCUT2D eigenvalue weighted by Gasteiger charge is 2.16. The number of nitrogens with one attached hydrogen (secondary N) is 1. The largest absolute Gasteiger partial charge is 0.365 e. The van der Waals surface area contributed by atoms with Gasteiger partial charge in [-0.15, -0.1) is 0 Å². The number of hydrogen-bond donors (Lipinski definition) is 1. The number of hydrogen-bond acceptors (Lipinski definition) is 3. The Morgan fingerprint density at radius 2 is 2.00 bits per heavy atom. The maximum Gasteiger partial charge on any atom is 0.293 e. The van der Waals surface area contributed by atoms with Crippen LogP contribution in [0.15, 0.2) is 17.2 Å². The SMILES string of the molecule is CC(C)CCCCNc1nccn(C(C)(C)C)c1=O. The molecule has 0 aliphatic heterocycles. The van der Waals surface area contributed by atoms with Gasteiger partial charge >= 0.3 is 0 Å². The maximum atomic E-state index is 12.2. The predicted molar refractivity (Wildman–Crippen MR) is 80.7 cm³/mol. The molecule has 108 valence electrons. The van der Waals surface area contributed by atoms with E-state index in [9.17, 15) is 4.79 Å². The number of anilines is 1. The third kappa shape index (κ3) is 5.05. The summed E-state index contributed by atoms with van der Waals surface area (Å²) in [5.41, 5.74) is -0.257. The van der Waals surface area contributed by atoms with E-state index in [0.717, 1.165) is 18.9 Å². The summed E-state index contributed by atoms with van der Waals surface area (Å²) in [6, 6.07) is 0. The summed E-state index contributed by atoms with van der Waals surface area (Å²) >= 11 is 0. The van der Waals surface area contributed by atoms with Crippen molar-refractivity contribution in [1.82, 2.24) is 9.55 Å². The number of aromatic nitrogens is 2. The molecule has 0 atom stereocenters. The fourth-order valence-corrected chi connectivity index (χ4v) is 1.95. The van der Waals surface area contributed by atoms with E-state index in [4.69, 9.17) is 0 Å². The van der Waals surface area contributed by atoms with Crippen LogP contribution in [0.1, 0.15) is 53.9 Å². The molecule has 4 heteroatoms. The van der Waals surface area contributed by atoms with Gasteiger partial charge < -0.3 is 9.88 Å². The molecule has 0 aliphatic rings. The third-order valence-electron chi connectivity index (χ3n) is 3.06. The van der Waals surface area contributed by atoms with E-state index in [1.165, 1.54) is 12.8 Å². The molecule has 0 radical (unpaired) electrons. The number of unbranched alkanes of at least 4 members (excludes halogenated alkanes) is 1. The van der Waals surface area contributed by atoms with Crippen molar-refractivity contribution in [2.24, 2.45) is 5.92 Å². The predicted octanol–water partition coefficient (Wildman–Crippen LogP) is 3.24. The van der Waals surface area contributed by atoms with Crippen molar-refractivity contribution in [1.29, 1.82) is 0 Å². The topological polar surface area (TPSA) is 46.9 Å². The van der Waals surface area contributed by atoms with Gasteiger partial charge in [0.25, 0.3) is 5.56 Å². The smallest absolute Gasteiger partial charge is 0.293 e. The van der Waals surface area contributed by atoms with E-state index in [-0.39, 0.29) is 11.1 Å². The van der Waals surface area contributed by atoms with E-state index < -0.39 is 0 Å². The standard InChI is InChI=1S/C15H27N3O/c1-12(2)8-6-7-9-16-13-14(19)18(11-10-17-13)15(3,4)5/h10-12H,6-9H2,1-5H3,(H,16,17). The summed E-state index contributed by atoms with van der Waals surface area (Å²) in [6.07, 6.45) is 6.92. The second kappa shape index (κ2) is 6.73. The van der Waals surface area contributed by atoms with Gasteiger partial charge in [0, 0.05) is 24.5 Å². The van der Waals surface area contributed by atoms with E-state index in [1.54, 1.807) is 17.0 Å². The van der Waals surface area contributed by atoms with E-state index in [0.29, 0.717) is 5.82 Å². The van der Waals surface area contributed by atoms with Crippen molar-refractivity contribution in [3.05, 3.63) is 22.7 Å². The van der Waals surface area contributed by atoms with Gasteiger partial charge in [0.2, 0.25) is 0 Å². The van der Waals surface area contributed by atoms with E-state index in [2.05, 4.69) is 24.1 Å². The molecule has 0 amide bonds.